The molecule has 3 aromatic heterocycles. The number of pyridine rings is 1. The SMILES string of the molecule is [2H]c1c([2H])c([2H])c(-c2cccc(-c3cc(C(C)(C)C)cc(C(C)(C)C)c3)c2-[n+]2[c-]n(-c3[c-]c(Oc4[c-]c5c(cc4)c4ccccc4n5-c4cc(CC(C)(C)c5ccccc5)ccn4)ccc3)c3ccc(-c4ccccc4)cc32)c([2H])c1[2H].[Pt]. The van der Waals surface area contributed by atoms with E-state index in [2.05, 4.69) is 206 Å². The average Bonchev–Trinajstić information content (AvgIpc) is 2.17. The third kappa shape index (κ3) is 10.0. The number of ether oxygens (including phenoxy) is 1. The number of fused-ring (bicyclic) bond motifs is 4. The molecule has 0 N–H and O–H groups in total. The van der Waals surface area contributed by atoms with Crippen molar-refractivity contribution in [2.75, 3.05) is 0 Å². The Morgan fingerprint density at radius 1 is 0.538 bits per heavy atom. The number of rotatable bonds is 11. The first-order valence-electron chi connectivity index (χ1n) is 28.8. The molecule has 9 aromatic carbocycles. The Kier molecular flexibility index (Phi) is 12.2. The van der Waals surface area contributed by atoms with Gasteiger partial charge in [-0.05, 0) is 114 Å². The van der Waals surface area contributed by atoms with Gasteiger partial charge >= 0.3 is 0 Å². The van der Waals surface area contributed by atoms with Gasteiger partial charge in [-0.2, -0.15) is 18.2 Å². The van der Waals surface area contributed by atoms with Crippen LogP contribution in [0.5, 0.6) is 11.5 Å². The second kappa shape index (κ2) is 20.7. The second-order valence-electron chi connectivity index (χ2n) is 22.7. The molecule has 0 bridgehead atoms. The molecule has 0 fully saturated rings. The van der Waals surface area contributed by atoms with Crippen LogP contribution in [0.15, 0.2) is 218 Å². The predicted octanol–water partition coefficient (Wildman–Crippen LogP) is 17.7. The molecule has 12 rings (SSSR count). The van der Waals surface area contributed by atoms with Gasteiger partial charge in [0.1, 0.15) is 5.82 Å². The standard InChI is InChI=1S/C72H62N4O.Pt/c1-70(2,3)55-41-53(42-56(44-55)71(4,5)6)61-32-21-31-60(51-24-14-10-15-25-51)69(61)75-48-74(65-37-34-52(43-67(65)75)50-22-12-9-13-23-50)57-28-20-29-58(45-57)77-59-35-36-63-62-30-18-19-33-64(62)76(66(63)46-59)68-40-49(38-39-73-68)47-72(7,8)54-26-16-11-17-27-54;/h9-44H,47H2,1-8H3;/q-2;/i10D,14D,15D,24D,25D;. The van der Waals surface area contributed by atoms with E-state index in [1.165, 1.54) is 11.1 Å². The number of hydrogen-bond donors (Lipinski definition) is 0. The molecule has 6 heteroatoms. The first kappa shape index (κ1) is 46.0. The van der Waals surface area contributed by atoms with Crippen LogP contribution in [0.1, 0.15) is 84.5 Å². The van der Waals surface area contributed by atoms with Crippen LogP contribution in [0.25, 0.3) is 83.4 Å². The Bertz CT molecular complexity index is 4400. The van der Waals surface area contributed by atoms with Crippen LogP contribution in [0, 0.1) is 18.5 Å². The Labute approximate surface area is 480 Å². The summed E-state index contributed by atoms with van der Waals surface area (Å²) in [4.78, 5) is 4.95. The number of imidazole rings is 1. The van der Waals surface area contributed by atoms with Gasteiger partial charge in [0.2, 0.25) is 0 Å². The Morgan fingerprint density at radius 3 is 1.94 bits per heavy atom. The van der Waals surface area contributed by atoms with Gasteiger partial charge in [-0.25, -0.2) is 4.98 Å². The smallest absolute Gasteiger partial charge is 0.268 e. The molecule has 78 heavy (non-hydrogen) atoms. The maximum atomic E-state index is 9.37. The zero-order valence-corrected chi connectivity index (χ0v) is 47.4. The van der Waals surface area contributed by atoms with Crippen molar-refractivity contribution in [3.63, 3.8) is 0 Å². The number of benzene rings is 9. The van der Waals surface area contributed by atoms with Gasteiger partial charge in [0, 0.05) is 44.3 Å². The summed E-state index contributed by atoms with van der Waals surface area (Å²) in [5.74, 6) is 1.75. The van der Waals surface area contributed by atoms with Crippen molar-refractivity contribution in [3.8, 4) is 62.1 Å². The molecule has 0 aliphatic carbocycles. The van der Waals surface area contributed by atoms with Crippen LogP contribution in [0.2, 0.25) is 0 Å². The fourth-order valence-corrected chi connectivity index (χ4v) is 10.6. The molecule has 0 aliphatic heterocycles. The molecule has 0 amide bonds. The van der Waals surface area contributed by atoms with E-state index in [-0.39, 0.29) is 55.0 Å². The minimum absolute atomic E-state index is 0. The Morgan fingerprint density at radius 2 is 1.21 bits per heavy atom. The zero-order valence-electron chi connectivity index (χ0n) is 50.1. The predicted molar refractivity (Wildman–Crippen MR) is 317 cm³/mol. The van der Waals surface area contributed by atoms with Crippen LogP contribution >= 0.6 is 0 Å². The molecule has 0 radical (unpaired) electrons. The van der Waals surface area contributed by atoms with Crippen LogP contribution in [-0.2, 0) is 43.7 Å². The molecule has 388 valence electrons. The largest absolute Gasteiger partial charge is 0.510 e. The van der Waals surface area contributed by atoms with Crippen LogP contribution in [0.4, 0.5) is 0 Å². The number of para-hydroxylation sites is 2. The van der Waals surface area contributed by atoms with Crippen LogP contribution < -0.4 is 9.30 Å². The van der Waals surface area contributed by atoms with Crippen molar-refractivity contribution in [1.82, 2.24) is 14.1 Å². The Balaban J connectivity index is 0.00000721. The summed E-state index contributed by atoms with van der Waals surface area (Å²) in [6.07, 6.45) is 6.47. The third-order valence-corrected chi connectivity index (χ3v) is 14.8. The number of aromatic nitrogens is 4. The summed E-state index contributed by atoms with van der Waals surface area (Å²) in [6.45, 7) is 17.8. The Hall–Kier alpha value is -8.11. The van der Waals surface area contributed by atoms with Crippen molar-refractivity contribution in [2.45, 2.75) is 78.1 Å². The number of nitrogens with zero attached hydrogens (tertiary/aromatic N) is 4. The van der Waals surface area contributed by atoms with E-state index in [4.69, 9.17) is 13.8 Å². The van der Waals surface area contributed by atoms with E-state index in [0.29, 0.717) is 28.4 Å². The minimum Gasteiger partial charge on any atom is -0.510 e. The molecule has 0 saturated carbocycles. The summed E-state index contributed by atoms with van der Waals surface area (Å²) in [5.41, 5.74) is 13.1. The van der Waals surface area contributed by atoms with Crippen molar-refractivity contribution in [3.05, 3.63) is 259 Å². The molecule has 0 unspecified atom stereocenters. The first-order valence-corrected chi connectivity index (χ1v) is 26.3. The quantitative estimate of drug-likeness (QED) is 0.0956. The monoisotopic (exact) mass is 1200 g/mol. The summed E-state index contributed by atoms with van der Waals surface area (Å²) in [5, 5.41) is 2.10. The molecule has 5 nitrogen and oxygen atoms in total. The summed E-state index contributed by atoms with van der Waals surface area (Å²) in [7, 11) is 0. The van der Waals surface area contributed by atoms with Crippen LogP contribution in [0.3, 0.4) is 0 Å². The van der Waals surface area contributed by atoms with Gasteiger partial charge in [0.25, 0.3) is 6.33 Å². The molecule has 0 saturated heterocycles. The topological polar surface area (TPSA) is 35.9 Å². The molecule has 12 aromatic rings. The summed E-state index contributed by atoms with van der Waals surface area (Å²) in [6, 6.07) is 67.5. The van der Waals surface area contributed by atoms with E-state index in [1.807, 2.05) is 69.9 Å². The second-order valence-corrected chi connectivity index (χ2v) is 22.7. The van der Waals surface area contributed by atoms with Gasteiger partial charge in [0.15, 0.2) is 0 Å². The van der Waals surface area contributed by atoms with Crippen molar-refractivity contribution < 1.29 is 37.2 Å². The molecule has 0 atom stereocenters. The maximum absolute atomic E-state index is 9.37. The average molecular weight is 1200 g/mol. The van der Waals surface area contributed by atoms with E-state index >= 15 is 0 Å². The van der Waals surface area contributed by atoms with Gasteiger partial charge in [-0.15, -0.1) is 29.7 Å². The molecular formula is C72H62N4OPt-2. The normalized spacial score (nSPS) is 12.9. The van der Waals surface area contributed by atoms with Gasteiger partial charge in [-0.1, -0.05) is 219 Å². The van der Waals surface area contributed by atoms with E-state index < -0.39 is 18.1 Å². The van der Waals surface area contributed by atoms with Crippen LogP contribution in [-0.4, -0.2) is 14.1 Å². The minimum atomic E-state index is -0.453. The zero-order chi connectivity index (χ0) is 57.4. The van der Waals surface area contributed by atoms with E-state index in [1.54, 1.807) is 0 Å². The van der Waals surface area contributed by atoms with Crippen molar-refractivity contribution in [1.29, 1.82) is 0 Å². The van der Waals surface area contributed by atoms with Gasteiger partial charge in [0.05, 0.1) is 23.6 Å². The van der Waals surface area contributed by atoms with E-state index in [0.717, 1.165) is 78.5 Å². The molecule has 0 spiro atoms. The molecule has 3 heterocycles. The third-order valence-electron chi connectivity index (χ3n) is 14.8. The van der Waals surface area contributed by atoms with E-state index in [9.17, 15) is 2.74 Å². The van der Waals surface area contributed by atoms with Crippen molar-refractivity contribution >= 4 is 32.8 Å². The molecular weight excluding hydrogens is 1130 g/mol. The number of hydrogen-bond acceptors (Lipinski definition) is 2. The fraction of sp³-hybridized carbons (Fsp3) is 0.167. The first-order chi connectivity index (χ1) is 39.2. The van der Waals surface area contributed by atoms with Gasteiger partial charge in [-0.3, -0.25) is 4.57 Å². The fourth-order valence-electron chi connectivity index (χ4n) is 10.6. The van der Waals surface area contributed by atoms with Crippen molar-refractivity contribution in [2.24, 2.45) is 0 Å². The maximum Gasteiger partial charge on any atom is 0.268 e. The molecule has 0 aliphatic rings. The van der Waals surface area contributed by atoms with Gasteiger partial charge < -0.3 is 13.9 Å². The summed E-state index contributed by atoms with van der Waals surface area (Å²) >= 11 is 0. The summed E-state index contributed by atoms with van der Waals surface area (Å²) < 4.78 is 57.9.